The van der Waals surface area contributed by atoms with Gasteiger partial charge < -0.3 is 0 Å². The van der Waals surface area contributed by atoms with Crippen LogP contribution in [0.15, 0.2) is 30.9 Å². The van der Waals surface area contributed by atoms with Gasteiger partial charge in [0, 0.05) is 5.02 Å². The van der Waals surface area contributed by atoms with Crippen molar-refractivity contribution in [3.8, 4) is 0 Å². The Kier molecular flexibility index (Phi) is 3.32. The number of rotatable bonds is 2. The molecule has 0 heterocycles. The highest BCUT2D eigenvalue weighted by Gasteiger charge is 2.00. The van der Waals surface area contributed by atoms with E-state index in [-0.39, 0.29) is 0 Å². The van der Waals surface area contributed by atoms with Crippen molar-refractivity contribution in [3.05, 3.63) is 52.6 Å². The van der Waals surface area contributed by atoms with Gasteiger partial charge >= 0.3 is 0 Å². The van der Waals surface area contributed by atoms with Gasteiger partial charge in [0.15, 0.2) is 0 Å². The molecule has 13 heavy (non-hydrogen) atoms. The lowest BCUT2D eigenvalue weighted by Crippen LogP contribution is -1.84. The van der Waals surface area contributed by atoms with E-state index >= 15 is 0 Å². The number of allylic oxidation sites excluding steroid dienone is 2. The van der Waals surface area contributed by atoms with Crippen LogP contribution in [0.5, 0.6) is 0 Å². The van der Waals surface area contributed by atoms with Crippen LogP contribution in [-0.2, 0) is 0 Å². The molecule has 0 amide bonds. The van der Waals surface area contributed by atoms with Gasteiger partial charge in [0.25, 0.3) is 0 Å². The molecule has 0 radical (unpaired) electrons. The van der Waals surface area contributed by atoms with Gasteiger partial charge in [-0.25, -0.2) is 0 Å². The SMILES string of the molecule is C=C/C=C\c1cc(C)cc(Cl)c1C. The first-order valence-electron chi connectivity index (χ1n) is 4.21. The number of halogens is 1. The molecular weight excluding hydrogens is 180 g/mol. The molecule has 0 aliphatic carbocycles. The summed E-state index contributed by atoms with van der Waals surface area (Å²) in [6.07, 6.45) is 5.69. The van der Waals surface area contributed by atoms with Crippen LogP contribution in [0.4, 0.5) is 0 Å². The molecule has 0 N–H and O–H groups in total. The van der Waals surface area contributed by atoms with E-state index in [0.717, 1.165) is 16.1 Å². The largest absolute Gasteiger partial charge is 0.0991 e. The lowest BCUT2D eigenvalue weighted by atomic mass is 10.1. The van der Waals surface area contributed by atoms with Crippen LogP contribution >= 0.6 is 11.6 Å². The average Bonchev–Trinajstić information content (AvgIpc) is 2.09. The molecule has 0 atom stereocenters. The first kappa shape index (κ1) is 10.1. The molecule has 0 aromatic heterocycles. The summed E-state index contributed by atoms with van der Waals surface area (Å²) in [7, 11) is 0. The van der Waals surface area contributed by atoms with Gasteiger partial charge in [0.1, 0.15) is 0 Å². The molecule has 0 saturated heterocycles. The summed E-state index contributed by atoms with van der Waals surface area (Å²) in [5.74, 6) is 0. The van der Waals surface area contributed by atoms with Crippen LogP contribution in [0.2, 0.25) is 5.02 Å². The van der Waals surface area contributed by atoms with Gasteiger partial charge in [-0.3, -0.25) is 0 Å². The van der Waals surface area contributed by atoms with Crippen molar-refractivity contribution in [2.24, 2.45) is 0 Å². The summed E-state index contributed by atoms with van der Waals surface area (Å²) in [6.45, 7) is 7.69. The Morgan fingerprint density at radius 2 is 2.00 bits per heavy atom. The van der Waals surface area contributed by atoms with Gasteiger partial charge in [-0.05, 0) is 36.6 Å². The fourth-order valence-corrected chi connectivity index (χ4v) is 1.47. The van der Waals surface area contributed by atoms with E-state index in [9.17, 15) is 0 Å². The minimum atomic E-state index is 0.823. The van der Waals surface area contributed by atoms with Gasteiger partial charge in [0.05, 0.1) is 0 Å². The fraction of sp³-hybridized carbons (Fsp3) is 0.167. The Labute approximate surface area is 84.5 Å². The molecule has 0 bridgehead atoms. The van der Waals surface area contributed by atoms with Crippen molar-refractivity contribution in [3.63, 3.8) is 0 Å². The topological polar surface area (TPSA) is 0 Å². The van der Waals surface area contributed by atoms with Gasteiger partial charge in [-0.15, -0.1) is 0 Å². The highest BCUT2D eigenvalue weighted by atomic mass is 35.5. The molecule has 0 fully saturated rings. The molecule has 1 aromatic carbocycles. The third kappa shape index (κ3) is 2.46. The summed E-state index contributed by atoms with van der Waals surface area (Å²) in [4.78, 5) is 0. The summed E-state index contributed by atoms with van der Waals surface area (Å²) >= 11 is 6.04. The van der Waals surface area contributed by atoms with Gasteiger partial charge in [-0.1, -0.05) is 42.5 Å². The summed E-state index contributed by atoms with van der Waals surface area (Å²) in [6, 6.07) is 4.09. The Bertz CT molecular complexity index is 348. The predicted octanol–water partition coefficient (Wildman–Crippen LogP) is 4.16. The molecule has 1 aromatic rings. The van der Waals surface area contributed by atoms with Crippen molar-refractivity contribution < 1.29 is 0 Å². The third-order valence-corrected chi connectivity index (χ3v) is 2.33. The lowest BCUT2D eigenvalue weighted by Gasteiger charge is -2.04. The van der Waals surface area contributed by atoms with Gasteiger partial charge in [0.2, 0.25) is 0 Å². The average molecular weight is 193 g/mol. The van der Waals surface area contributed by atoms with E-state index < -0.39 is 0 Å². The number of hydrogen-bond acceptors (Lipinski definition) is 0. The molecule has 0 aliphatic heterocycles. The molecule has 0 nitrogen and oxygen atoms in total. The number of aryl methyl sites for hydroxylation is 1. The molecule has 0 aliphatic rings. The van der Waals surface area contributed by atoms with E-state index in [1.165, 1.54) is 5.56 Å². The van der Waals surface area contributed by atoms with E-state index in [4.69, 9.17) is 11.6 Å². The third-order valence-electron chi connectivity index (χ3n) is 1.94. The predicted molar refractivity (Wildman–Crippen MR) is 60.2 cm³/mol. The summed E-state index contributed by atoms with van der Waals surface area (Å²) in [5, 5.41) is 0.823. The van der Waals surface area contributed by atoms with Crippen LogP contribution in [0.25, 0.3) is 6.08 Å². The highest BCUT2D eigenvalue weighted by molar-refractivity contribution is 6.31. The second kappa shape index (κ2) is 4.29. The van der Waals surface area contributed by atoms with Crippen molar-refractivity contribution in [1.29, 1.82) is 0 Å². The minimum Gasteiger partial charge on any atom is -0.0991 e. The zero-order valence-electron chi connectivity index (χ0n) is 7.97. The summed E-state index contributed by atoms with van der Waals surface area (Å²) in [5.41, 5.74) is 3.45. The standard InChI is InChI=1S/C12H13Cl/c1-4-5-6-11-7-9(2)8-12(13)10(11)3/h4-8H,1H2,2-3H3/b6-5-. The van der Waals surface area contributed by atoms with Crippen molar-refractivity contribution >= 4 is 17.7 Å². The smallest absolute Gasteiger partial charge is 0.0443 e. The van der Waals surface area contributed by atoms with E-state index in [1.54, 1.807) is 6.08 Å². The van der Waals surface area contributed by atoms with Crippen molar-refractivity contribution in [2.75, 3.05) is 0 Å². The van der Waals surface area contributed by atoms with Crippen molar-refractivity contribution in [1.82, 2.24) is 0 Å². The van der Waals surface area contributed by atoms with Crippen molar-refractivity contribution in [2.45, 2.75) is 13.8 Å². The lowest BCUT2D eigenvalue weighted by molar-refractivity contribution is 1.38. The molecule has 0 spiro atoms. The molecule has 1 heteroatoms. The van der Waals surface area contributed by atoms with E-state index in [0.29, 0.717) is 0 Å². The first-order valence-corrected chi connectivity index (χ1v) is 4.59. The van der Waals surface area contributed by atoms with E-state index in [2.05, 4.69) is 12.6 Å². The second-order valence-electron chi connectivity index (χ2n) is 3.06. The maximum atomic E-state index is 6.04. The highest BCUT2D eigenvalue weighted by Crippen LogP contribution is 2.22. The Morgan fingerprint density at radius 1 is 1.31 bits per heavy atom. The Hall–Kier alpha value is -1.01. The quantitative estimate of drug-likeness (QED) is 0.618. The number of benzene rings is 1. The monoisotopic (exact) mass is 192 g/mol. The van der Waals surface area contributed by atoms with E-state index in [1.807, 2.05) is 32.1 Å². The Morgan fingerprint density at radius 3 is 2.62 bits per heavy atom. The molecule has 1 rings (SSSR count). The van der Waals surface area contributed by atoms with Crippen LogP contribution in [0.1, 0.15) is 16.7 Å². The molecule has 0 saturated carbocycles. The normalized spacial score (nSPS) is 10.7. The minimum absolute atomic E-state index is 0.823. The van der Waals surface area contributed by atoms with Crippen LogP contribution in [-0.4, -0.2) is 0 Å². The first-order chi connectivity index (χ1) is 6.15. The Balaban J connectivity index is 3.19. The van der Waals surface area contributed by atoms with Crippen LogP contribution < -0.4 is 0 Å². The maximum absolute atomic E-state index is 6.04. The molecular formula is C12H13Cl. The zero-order chi connectivity index (χ0) is 9.84. The number of hydrogen-bond donors (Lipinski definition) is 0. The maximum Gasteiger partial charge on any atom is 0.0443 e. The fourth-order valence-electron chi connectivity index (χ4n) is 1.19. The van der Waals surface area contributed by atoms with Gasteiger partial charge in [-0.2, -0.15) is 0 Å². The summed E-state index contributed by atoms with van der Waals surface area (Å²) < 4.78 is 0. The molecule has 0 unspecified atom stereocenters. The zero-order valence-corrected chi connectivity index (χ0v) is 8.73. The second-order valence-corrected chi connectivity index (χ2v) is 3.46. The van der Waals surface area contributed by atoms with Crippen LogP contribution in [0, 0.1) is 13.8 Å². The van der Waals surface area contributed by atoms with Crippen LogP contribution in [0.3, 0.4) is 0 Å². The molecule has 68 valence electrons.